The van der Waals surface area contributed by atoms with E-state index in [1.165, 1.54) is 5.56 Å². The number of nitrogens with zero attached hydrogens (tertiary/aromatic N) is 2. The summed E-state index contributed by atoms with van der Waals surface area (Å²) < 4.78 is 6.17. The Morgan fingerprint density at radius 1 is 1.21 bits per heavy atom. The lowest BCUT2D eigenvalue weighted by Crippen LogP contribution is -2.32. The topological polar surface area (TPSA) is 92.9 Å². The Morgan fingerprint density at radius 2 is 2.04 bits per heavy atom. The minimum absolute atomic E-state index is 0.178. The van der Waals surface area contributed by atoms with Gasteiger partial charge in [0, 0.05) is 29.2 Å². The molecule has 4 aromatic rings. The number of amides is 1. The predicted octanol–water partition coefficient (Wildman–Crippen LogP) is 2.65. The number of hydrogen-bond donors (Lipinski definition) is 2. The summed E-state index contributed by atoms with van der Waals surface area (Å²) in [6.45, 7) is 2.34. The van der Waals surface area contributed by atoms with Gasteiger partial charge in [0.2, 0.25) is 11.8 Å². The zero-order valence-electron chi connectivity index (χ0n) is 15.4. The second kappa shape index (κ2) is 7.56. The van der Waals surface area contributed by atoms with Crippen LogP contribution in [0.5, 0.6) is 0 Å². The monoisotopic (exact) mass is 376 g/mol. The maximum atomic E-state index is 12.2. The lowest BCUT2D eigenvalue weighted by molar-refractivity contribution is -0.121. The van der Waals surface area contributed by atoms with Gasteiger partial charge in [-0.25, -0.2) is 4.79 Å². The Morgan fingerprint density at radius 3 is 2.86 bits per heavy atom. The first kappa shape index (κ1) is 17.8. The molecule has 0 aliphatic heterocycles. The van der Waals surface area contributed by atoms with Gasteiger partial charge in [0.25, 0.3) is 0 Å². The first-order chi connectivity index (χ1) is 13.6. The number of hydrogen-bond acceptors (Lipinski definition) is 4. The van der Waals surface area contributed by atoms with Crippen LogP contribution in [0.15, 0.2) is 63.9 Å². The van der Waals surface area contributed by atoms with E-state index in [9.17, 15) is 9.59 Å². The lowest BCUT2D eigenvalue weighted by Gasteiger charge is -2.04. The molecule has 2 aromatic heterocycles. The van der Waals surface area contributed by atoms with Crippen LogP contribution in [0.25, 0.3) is 22.4 Å². The number of aryl methyl sites for hydroxylation is 1. The average molecular weight is 376 g/mol. The minimum Gasteiger partial charge on any atom is -0.388 e. The molecule has 4 rings (SSSR count). The summed E-state index contributed by atoms with van der Waals surface area (Å²) in [6, 6.07) is 15.3. The summed E-state index contributed by atoms with van der Waals surface area (Å²) in [5.74, 6) is -0.736. The quantitative estimate of drug-likeness (QED) is 0.541. The predicted molar refractivity (Wildman–Crippen MR) is 106 cm³/mol. The van der Waals surface area contributed by atoms with Crippen LogP contribution in [-0.2, 0) is 17.8 Å². The molecule has 0 aliphatic carbocycles. The van der Waals surface area contributed by atoms with Gasteiger partial charge in [0.1, 0.15) is 6.54 Å². The van der Waals surface area contributed by atoms with E-state index >= 15 is 0 Å². The van der Waals surface area contributed by atoms with E-state index in [0.717, 1.165) is 21.1 Å². The molecule has 0 unspecified atom stereocenters. The number of aromatic amines is 1. The maximum absolute atomic E-state index is 12.2. The summed E-state index contributed by atoms with van der Waals surface area (Å²) >= 11 is 0. The van der Waals surface area contributed by atoms with E-state index in [0.29, 0.717) is 18.5 Å². The maximum Gasteiger partial charge on any atom is 0.437 e. The van der Waals surface area contributed by atoms with E-state index in [-0.39, 0.29) is 18.3 Å². The molecule has 7 heteroatoms. The molecule has 142 valence electrons. The standard InChI is InChI=1S/C21H20N4O3/c1-14-7-8-18-17(11-14)16(12-23-18)9-10-22-19(26)13-25-21(27)28-20(24-25)15-5-3-2-4-6-15/h2-8,11-12,23H,9-10,13H2,1H3,(H,22,26). The molecule has 2 aromatic carbocycles. The van der Waals surface area contributed by atoms with Gasteiger partial charge in [-0.05, 0) is 43.2 Å². The van der Waals surface area contributed by atoms with Gasteiger partial charge < -0.3 is 14.7 Å². The summed E-state index contributed by atoms with van der Waals surface area (Å²) in [4.78, 5) is 27.4. The Labute approximate surface area is 161 Å². The van der Waals surface area contributed by atoms with E-state index in [1.54, 1.807) is 12.1 Å². The van der Waals surface area contributed by atoms with E-state index in [4.69, 9.17) is 4.42 Å². The highest BCUT2D eigenvalue weighted by atomic mass is 16.4. The average Bonchev–Trinajstić information content (AvgIpc) is 3.26. The largest absolute Gasteiger partial charge is 0.437 e. The molecule has 28 heavy (non-hydrogen) atoms. The first-order valence-corrected chi connectivity index (χ1v) is 9.07. The normalized spacial score (nSPS) is 11.0. The fourth-order valence-electron chi connectivity index (χ4n) is 3.13. The van der Waals surface area contributed by atoms with Crippen molar-refractivity contribution in [2.45, 2.75) is 19.9 Å². The number of nitrogens with one attached hydrogen (secondary N) is 2. The molecule has 0 radical (unpaired) electrons. The van der Waals surface area contributed by atoms with Crippen LogP contribution in [0.2, 0.25) is 0 Å². The first-order valence-electron chi connectivity index (χ1n) is 9.07. The summed E-state index contributed by atoms with van der Waals surface area (Å²) in [6.07, 6.45) is 2.66. The molecule has 0 aliphatic rings. The van der Waals surface area contributed by atoms with Gasteiger partial charge >= 0.3 is 5.76 Å². The summed E-state index contributed by atoms with van der Waals surface area (Å²) in [7, 11) is 0. The number of fused-ring (bicyclic) bond motifs is 1. The molecule has 0 spiro atoms. The van der Waals surface area contributed by atoms with Crippen molar-refractivity contribution in [2.24, 2.45) is 0 Å². The van der Waals surface area contributed by atoms with Crippen molar-refractivity contribution in [3.63, 3.8) is 0 Å². The van der Waals surface area contributed by atoms with Crippen LogP contribution in [0.1, 0.15) is 11.1 Å². The van der Waals surface area contributed by atoms with Gasteiger partial charge in [0.15, 0.2) is 0 Å². The molecular weight excluding hydrogens is 356 g/mol. The van der Waals surface area contributed by atoms with Gasteiger partial charge in [0.05, 0.1) is 0 Å². The second-order valence-electron chi connectivity index (χ2n) is 6.66. The van der Waals surface area contributed by atoms with Gasteiger partial charge in [-0.15, -0.1) is 5.10 Å². The van der Waals surface area contributed by atoms with Crippen molar-refractivity contribution in [1.82, 2.24) is 20.1 Å². The second-order valence-corrected chi connectivity index (χ2v) is 6.66. The van der Waals surface area contributed by atoms with Crippen LogP contribution < -0.4 is 11.1 Å². The number of carbonyl (C=O) groups excluding carboxylic acids is 1. The number of aromatic nitrogens is 3. The Bertz CT molecular complexity index is 1170. The van der Waals surface area contributed by atoms with Crippen molar-refractivity contribution < 1.29 is 9.21 Å². The van der Waals surface area contributed by atoms with Crippen LogP contribution >= 0.6 is 0 Å². The van der Waals surface area contributed by atoms with E-state index in [1.807, 2.05) is 30.5 Å². The van der Waals surface area contributed by atoms with Crippen LogP contribution in [0.4, 0.5) is 0 Å². The molecule has 2 N–H and O–H groups in total. The molecule has 0 atom stereocenters. The molecule has 0 fully saturated rings. The molecule has 7 nitrogen and oxygen atoms in total. The Hall–Kier alpha value is -3.61. The zero-order chi connectivity index (χ0) is 19.5. The smallest absolute Gasteiger partial charge is 0.388 e. The number of carbonyl (C=O) groups is 1. The van der Waals surface area contributed by atoms with Crippen molar-refractivity contribution in [2.75, 3.05) is 6.54 Å². The van der Waals surface area contributed by atoms with Gasteiger partial charge in [-0.1, -0.05) is 29.8 Å². The number of benzene rings is 2. The van der Waals surface area contributed by atoms with E-state index < -0.39 is 5.76 Å². The van der Waals surface area contributed by atoms with Crippen molar-refractivity contribution in [1.29, 1.82) is 0 Å². The Balaban J connectivity index is 1.36. The highest BCUT2D eigenvalue weighted by Crippen LogP contribution is 2.19. The molecule has 0 saturated heterocycles. The molecular formula is C21H20N4O3. The fourth-order valence-corrected chi connectivity index (χ4v) is 3.13. The third-order valence-corrected chi connectivity index (χ3v) is 4.56. The van der Waals surface area contributed by atoms with Crippen LogP contribution in [-0.4, -0.2) is 27.2 Å². The lowest BCUT2D eigenvalue weighted by atomic mass is 10.1. The Kier molecular flexibility index (Phi) is 4.80. The van der Waals surface area contributed by atoms with Crippen LogP contribution in [0, 0.1) is 6.92 Å². The molecule has 0 saturated carbocycles. The van der Waals surface area contributed by atoms with Gasteiger partial charge in [-0.3, -0.25) is 4.79 Å². The van der Waals surface area contributed by atoms with Crippen LogP contribution in [0.3, 0.4) is 0 Å². The van der Waals surface area contributed by atoms with Crippen molar-refractivity contribution >= 4 is 16.8 Å². The molecule has 0 bridgehead atoms. The van der Waals surface area contributed by atoms with Gasteiger partial charge in [-0.2, -0.15) is 4.68 Å². The van der Waals surface area contributed by atoms with Crippen molar-refractivity contribution in [3.8, 4) is 11.5 Å². The summed E-state index contributed by atoms with van der Waals surface area (Å²) in [5.41, 5.74) is 4.10. The zero-order valence-corrected chi connectivity index (χ0v) is 15.4. The third-order valence-electron chi connectivity index (χ3n) is 4.56. The molecule has 1 amide bonds. The fraction of sp³-hybridized carbons (Fsp3) is 0.190. The number of rotatable bonds is 6. The van der Waals surface area contributed by atoms with E-state index in [2.05, 4.69) is 34.5 Å². The highest BCUT2D eigenvalue weighted by Gasteiger charge is 2.13. The minimum atomic E-state index is -0.652. The third kappa shape index (κ3) is 3.73. The SMILES string of the molecule is Cc1ccc2[nH]cc(CCNC(=O)Cn3nc(-c4ccccc4)oc3=O)c2c1. The highest BCUT2D eigenvalue weighted by molar-refractivity contribution is 5.84. The molecule has 2 heterocycles. The number of H-pyrrole nitrogens is 1. The van der Waals surface area contributed by atoms with Crippen molar-refractivity contribution in [3.05, 3.63) is 76.4 Å². The summed E-state index contributed by atoms with van der Waals surface area (Å²) in [5, 5.41) is 8.09.